The number of likely N-dealkylation sites (tertiary alicyclic amines) is 1. The summed E-state index contributed by atoms with van der Waals surface area (Å²) >= 11 is 0. The van der Waals surface area contributed by atoms with Gasteiger partial charge in [-0.15, -0.1) is 0 Å². The van der Waals surface area contributed by atoms with Crippen LogP contribution in [0.3, 0.4) is 0 Å². The number of hydrogen-bond acceptors (Lipinski definition) is 6. The molecule has 0 aliphatic carbocycles. The van der Waals surface area contributed by atoms with Crippen molar-refractivity contribution in [3.05, 3.63) is 41.6 Å². The number of furan rings is 1. The van der Waals surface area contributed by atoms with Crippen LogP contribution in [-0.4, -0.2) is 45.2 Å². The predicted molar refractivity (Wildman–Crippen MR) is 107 cm³/mol. The fourth-order valence-corrected chi connectivity index (χ4v) is 3.96. The van der Waals surface area contributed by atoms with Crippen LogP contribution in [0.25, 0.3) is 0 Å². The van der Waals surface area contributed by atoms with E-state index >= 15 is 0 Å². The summed E-state index contributed by atoms with van der Waals surface area (Å²) in [5.74, 6) is 0.665. The summed E-state index contributed by atoms with van der Waals surface area (Å²) < 4.78 is 12.3. The molecule has 3 rings (SSSR count). The van der Waals surface area contributed by atoms with Gasteiger partial charge in [0.15, 0.2) is 0 Å². The Labute approximate surface area is 171 Å². The third-order valence-electron chi connectivity index (χ3n) is 5.06. The van der Waals surface area contributed by atoms with Crippen molar-refractivity contribution < 1.29 is 18.7 Å². The molecule has 8 nitrogen and oxygen atoms in total. The monoisotopic (exact) mass is 402 g/mol. The Morgan fingerprint density at radius 3 is 2.76 bits per heavy atom. The van der Waals surface area contributed by atoms with Crippen molar-refractivity contribution in [1.82, 2.24) is 20.0 Å². The minimum absolute atomic E-state index is 0.0320. The molecule has 0 aromatic carbocycles. The van der Waals surface area contributed by atoms with Crippen LogP contribution in [0.15, 0.2) is 28.9 Å². The summed E-state index contributed by atoms with van der Waals surface area (Å²) in [7, 11) is 1.88. The number of carbonyl (C=O) groups is 2. The maximum atomic E-state index is 12.8. The molecule has 2 aromatic rings. The van der Waals surface area contributed by atoms with Crippen LogP contribution >= 0.6 is 0 Å². The minimum Gasteiger partial charge on any atom is -0.460 e. The lowest BCUT2D eigenvalue weighted by Gasteiger charge is -2.38. The maximum absolute atomic E-state index is 12.8. The summed E-state index contributed by atoms with van der Waals surface area (Å²) in [6.07, 6.45) is 4.30. The molecule has 0 spiro atoms. The lowest BCUT2D eigenvalue weighted by Crippen LogP contribution is -2.44. The van der Waals surface area contributed by atoms with Gasteiger partial charge in [-0.1, -0.05) is 0 Å². The fraction of sp³-hybridized carbons (Fsp3) is 0.571. The highest BCUT2D eigenvalue weighted by molar-refractivity contribution is 5.86. The Bertz CT molecular complexity index is 864. The van der Waals surface area contributed by atoms with E-state index in [0.29, 0.717) is 31.9 Å². The van der Waals surface area contributed by atoms with Crippen molar-refractivity contribution in [1.29, 1.82) is 0 Å². The highest BCUT2D eigenvalue weighted by atomic mass is 16.5. The molecule has 0 radical (unpaired) electrons. The molecule has 1 saturated heterocycles. The fourth-order valence-electron chi connectivity index (χ4n) is 3.96. The van der Waals surface area contributed by atoms with Crippen molar-refractivity contribution in [2.24, 2.45) is 13.0 Å². The number of nitrogens with zero attached hydrogens (tertiary/aromatic N) is 3. The Morgan fingerprint density at radius 2 is 2.14 bits per heavy atom. The average Bonchev–Trinajstić information content (AvgIpc) is 3.33. The van der Waals surface area contributed by atoms with Gasteiger partial charge in [-0.2, -0.15) is 5.10 Å². The molecule has 8 heteroatoms. The highest BCUT2D eigenvalue weighted by Crippen LogP contribution is 2.42. The van der Waals surface area contributed by atoms with E-state index in [9.17, 15) is 9.59 Å². The SMILES string of the molecule is CCOC(=O)c1ccc(CNC[C@@H]2CC(=O)N(C(C)(C)C)[C@H]2c2cnn(C)c2)o1. The minimum atomic E-state index is -0.461. The zero-order valence-corrected chi connectivity index (χ0v) is 17.8. The lowest BCUT2D eigenvalue weighted by atomic mass is 9.93. The van der Waals surface area contributed by atoms with Gasteiger partial charge in [0.05, 0.1) is 25.4 Å². The molecule has 0 saturated carbocycles. The first-order chi connectivity index (χ1) is 13.7. The second kappa shape index (κ2) is 8.41. The number of nitrogens with one attached hydrogen (secondary N) is 1. The van der Waals surface area contributed by atoms with Crippen molar-refractivity contribution in [3.8, 4) is 0 Å². The van der Waals surface area contributed by atoms with E-state index in [-0.39, 0.29) is 29.2 Å². The van der Waals surface area contributed by atoms with Gasteiger partial charge < -0.3 is 19.4 Å². The second-order valence-electron chi connectivity index (χ2n) is 8.41. The summed E-state index contributed by atoms with van der Waals surface area (Å²) in [5.41, 5.74) is 0.768. The number of esters is 1. The standard InChI is InChI=1S/C21H30N4O4/c1-6-28-20(27)17-8-7-16(29-17)12-22-10-14-9-18(26)25(21(2,3)4)19(14)15-11-23-24(5)13-15/h7-8,11,13-14,19,22H,6,9-10,12H2,1-5H3/t14-,19+/m0/s1. The zero-order valence-electron chi connectivity index (χ0n) is 17.8. The summed E-state index contributed by atoms with van der Waals surface area (Å²) in [6, 6.07) is 3.35. The molecule has 2 atom stereocenters. The van der Waals surface area contributed by atoms with Gasteiger partial charge in [0.1, 0.15) is 5.76 Å². The average molecular weight is 402 g/mol. The van der Waals surface area contributed by atoms with Gasteiger partial charge in [-0.05, 0) is 39.8 Å². The van der Waals surface area contributed by atoms with E-state index in [2.05, 4.69) is 31.2 Å². The molecule has 1 amide bonds. The van der Waals surface area contributed by atoms with E-state index in [4.69, 9.17) is 9.15 Å². The Morgan fingerprint density at radius 1 is 1.38 bits per heavy atom. The first-order valence-electron chi connectivity index (χ1n) is 9.98. The molecule has 2 aromatic heterocycles. The largest absolute Gasteiger partial charge is 0.460 e. The zero-order chi connectivity index (χ0) is 21.2. The summed E-state index contributed by atoms with van der Waals surface area (Å²) in [5, 5.41) is 7.67. The second-order valence-corrected chi connectivity index (χ2v) is 8.41. The first-order valence-corrected chi connectivity index (χ1v) is 9.98. The summed E-state index contributed by atoms with van der Waals surface area (Å²) in [6.45, 7) is 9.36. The van der Waals surface area contributed by atoms with Crippen molar-refractivity contribution in [2.75, 3.05) is 13.2 Å². The van der Waals surface area contributed by atoms with Gasteiger partial charge in [0.25, 0.3) is 0 Å². The van der Waals surface area contributed by atoms with Gasteiger partial charge in [0.2, 0.25) is 11.7 Å². The van der Waals surface area contributed by atoms with Crippen molar-refractivity contribution in [2.45, 2.75) is 52.2 Å². The van der Waals surface area contributed by atoms with Crippen LogP contribution in [0, 0.1) is 5.92 Å². The van der Waals surface area contributed by atoms with E-state index in [1.807, 2.05) is 24.3 Å². The molecule has 1 aliphatic rings. The maximum Gasteiger partial charge on any atom is 0.374 e. The topological polar surface area (TPSA) is 89.6 Å². The normalized spacial score (nSPS) is 19.8. The third kappa shape index (κ3) is 4.70. The molecule has 1 aliphatic heterocycles. The van der Waals surface area contributed by atoms with Crippen LogP contribution in [-0.2, 0) is 23.1 Å². The number of rotatable bonds is 7. The third-order valence-corrected chi connectivity index (χ3v) is 5.06. The van der Waals surface area contributed by atoms with Crippen LogP contribution in [0.2, 0.25) is 0 Å². The molecular formula is C21H30N4O4. The molecule has 29 heavy (non-hydrogen) atoms. The smallest absolute Gasteiger partial charge is 0.374 e. The quantitative estimate of drug-likeness (QED) is 0.716. The predicted octanol–water partition coefficient (Wildman–Crippen LogP) is 2.67. The molecule has 3 heterocycles. The first kappa shape index (κ1) is 21.1. The number of aryl methyl sites for hydroxylation is 1. The highest BCUT2D eigenvalue weighted by Gasteiger charge is 2.45. The lowest BCUT2D eigenvalue weighted by molar-refractivity contribution is -0.133. The number of ether oxygens (including phenoxy) is 1. The van der Waals surface area contributed by atoms with E-state index < -0.39 is 5.97 Å². The molecule has 1 N–H and O–H groups in total. The molecule has 0 unspecified atom stereocenters. The van der Waals surface area contributed by atoms with Gasteiger partial charge >= 0.3 is 5.97 Å². The van der Waals surface area contributed by atoms with E-state index in [0.717, 1.165) is 5.56 Å². The van der Waals surface area contributed by atoms with Crippen LogP contribution in [0.4, 0.5) is 0 Å². The van der Waals surface area contributed by atoms with Crippen LogP contribution in [0.1, 0.15) is 62.0 Å². The Balaban J connectivity index is 1.67. The number of carbonyl (C=O) groups excluding carboxylic acids is 2. The van der Waals surface area contributed by atoms with E-state index in [1.54, 1.807) is 23.7 Å². The summed E-state index contributed by atoms with van der Waals surface area (Å²) in [4.78, 5) is 26.5. The van der Waals surface area contributed by atoms with Crippen molar-refractivity contribution >= 4 is 11.9 Å². The van der Waals surface area contributed by atoms with Gasteiger partial charge in [-0.3, -0.25) is 9.48 Å². The van der Waals surface area contributed by atoms with Crippen LogP contribution < -0.4 is 5.32 Å². The Kier molecular flexibility index (Phi) is 6.12. The molecule has 0 bridgehead atoms. The van der Waals surface area contributed by atoms with Crippen molar-refractivity contribution in [3.63, 3.8) is 0 Å². The number of aromatic nitrogens is 2. The number of amides is 1. The molecule has 158 valence electrons. The molecular weight excluding hydrogens is 372 g/mol. The van der Waals surface area contributed by atoms with Gasteiger partial charge in [-0.25, -0.2) is 4.79 Å². The van der Waals surface area contributed by atoms with E-state index in [1.165, 1.54) is 0 Å². The Hall–Kier alpha value is -2.61. The number of hydrogen-bond donors (Lipinski definition) is 1. The van der Waals surface area contributed by atoms with Crippen LogP contribution in [0.5, 0.6) is 0 Å². The molecule has 1 fully saturated rings. The van der Waals surface area contributed by atoms with Gasteiger partial charge in [0, 0.05) is 43.2 Å².